The van der Waals surface area contributed by atoms with E-state index in [0.29, 0.717) is 18.9 Å². The Balaban J connectivity index is 0. The normalized spacial score (nSPS) is 8.07. The van der Waals surface area contributed by atoms with Gasteiger partial charge in [-0.1, -0.05) is 6.07 Å². The number of rotatable bonds is 3. The number of pyridine rings is 1. The van der Waals surface area contributed by atoms with Crippen LogP contribution in [0.15, 0.2) is 24.5 Å². The average Bonchev–Trinajstić information content (AvgIpc) is 2.06. The van der Waals surface area contributed by atoms with Crippen molar-refractivity contribution < 1.29 is 4.74 Å². The van der Waals surface area contributed by atoms with Crippen LogP contribution in [-0.2, 0) is 11.2 Å². The van der Waals surface area contributed by atoms with Gasteiger partial charge in [-0.05, 0) is 18.6 Å². The Morgan fingerprint density at radius 3 is 2.71 bits per heavy atom. The van der Waals surface area contributed by atoms with E-state index >= 15 is 0 Å². The Morgan fingerprint density at radius 2 is 2.21 bits per heavy atom. The van der Waals surface area contributed by atoms with Gasteiger partial charge in [-0.3, -0.25) is 10.4 Å². The Hall–Kier alpha value is -0.800. The van der Waals surface area contributed by atoms with Gasteiger partial charge in [0, 0.05) is 18.8 Å². The average molecular weight is 237 g/mol. The predicted molar refractivity (Wildman–Crippen MR) is 61.8 cm³/mol. The maximum atomic E-state index is 7.38. The summed E-state index contributed by atoms with van der Waals surface area (Å²) in [5.41, 5.74) is 1.01. The molecule has 3 nitrogen and oxygen atoms in total. The first-order chi connectivity index (χ1) is 5.83. The van der Waals surface area contributed by atoms with Crippen molar-refractivity contribution in [3.8, 4) is 0 Å². The van der Waals surface area contributed by atoms with Crippen molar-refractivity contribution >= 4 is 30.7 Å². The molecular weight excluding hydrogens is 223 g/mol. The fourth-order valence-electron chi connectivity index (χ4n) is 0.913. The molecule has 0 fully saturated rings. The number of aromatic nitrogens is 1. The molecule has 0 unspecified atom stereocenters. The van der Waals surface area contributed by atoms with Crippen molar-refractivity contribution in [2.45, 2.75) is 13.3 Å². The lowest BCUT2D eigenvalue weighted by atomic mass is 10.2. The highest BCUT2D eigenvalue weighted by molar-refractivity contribution is 5.85. The van der Waals surface area contributed by atoms with Crippen LogP contribution in [0.4, 0.5) is 0 Å². The van der Waals surface area contributed by atoms with E-state index in [0.717, 1.165) is 5.56 Å². The van der Waals surface area contributed by atoms with Crippen LogP contribution in [0.5, 0.6) is 0 Å². The molecule has 1 heterocycles. The van der Waals surface area contributed by atoms with Gasteiger partial charge in [-0.15, -0.1) is 24.8 Å². The minimum atomic E-state index is 0. The molecule has 0 saturated carbocycles. The lowest BCUT2D eigenvalue weighted by Crippen LogP contribution is -2.06. The summed E-state index contributed by atoms with van der Waals surface area (Å²) in [5.74, 6) is 0.297. The Labute approximate surface area is 96.2 Å². The van der Waals surface area contributed by atoms with E-state index in [4.69, 9.17) is 10.1 Å². The van der Waals surface area contributed by atoms with E-state index in [1.807, 2.05) is 19.1 Å². The summed E-state index contributed by atoms with van der Waals surface area (Å²) in [5, 5.41) is 7.38. The smallest absolute Gasteiger partial charge is 0.184 e. The van der Waals surface area contributed by atoms with Crippen LogP contribution in [0.2, 0.25) is 0 Å². The summed E-state index contributed by atoms with van der Waals surface area (Å²) in [6.45, 7) is 2.43. The monoisotopic (exact) mass is 236 g/mol. The van der Waals surface area contributed by atoms with E-state index in [2.05, 4.69) is 4.98 Å². The number of ether oxygens (including phenoxy) is 1. The second-order valence-corrected chi connectivity index (χ2v) is 2.39. The number of hydrogen-bond donors (Lipinski definition) is 1. The van der Waals surface area contributed by atoms with Gasteiger partial charge >= 0.3 is 0 Å². The minimum absolute atomic E-state index is 0. The predicted octanol–water partition coefficient (Wildman–Crippen LogP) is 2.48. The molecular formula is C9H14Cl2N2O. The maximum absolute atomic E-state index is 7.38. The van der Waals surface area contributed by atoms with E-state index in [1.165, 1.54) is 0 Å². The Kier molecular flexibility index (Phi) is 9.83. The van der Waals surface area contributed by atoms with Gasteiger partial charge in [0.1, 0.15) is 0 Å². The van der Waals surface area contributed by atoms with Gasteiger partial charge in [0.05, 0.1) is 6.61 Å². The van der Waals surface area contributed by atoms with Crippen LogP contribution in [0.1, 0.15) is 12.5 Å². The fourth-order valence-corrected chi connectivity index (χ4v) is 0.913. The van der Waals surface area contributed by atoms with Crippen LogP contribution in [0.25, 0.3) is 0 Å². The number of nitrogens with zero attached hydrogens (tertiary/aromatic N) is 1. The van der Waals surface area contributed by atoms with Crippen molar-refractivity contribution in [3.05, 3.63) is 30.1 Å². The molecule has 0 radical (unpaired) electrons. The number of hydrogen-bond acceptors (Lipinski definition) is 3. The minimum Gasteiger partial charge on any atom is -0.481 e. The van der Waals surface area contributed by atoms with E-state index in [-0.39, 0.29) is 24.8 Å². The summed E-state index contributed by atoms with van der Waals surface area (Å²) in [6, 6.07) is 3.79. The van der Waals surface area contributed by atoms with Crippen molar-refractivity contribution in [1.29, 1.82) is 5.41 Å². The highest BCUT2D eigenvalue weighted by atomic mass is 35.5. The summed E-state index contributed by atoms with van der Waals surface area (Å²) < 4.78 is 5.00. The Morgan fingerprint density at radius 1 is 1.50 bits per heavy atom. The summed E-state index contributed by atoms with van der Waals surface area (Å²) in [4.78, 5) is 3.95. The van der Waals surface area contributed by atoms with Crippen molar-refractivity contribution in [2.75, 3.05) is 6.61 Å². The van der Waals surface area contributed by atoms with Crippen LogP contribution < -0.4 is 0 Å². The third kappa shape index (κ3) is 5.78. The van der Waals surface area contributed by atoms with E-state index in [9.17, 15) is 0 Å². The lowest BCUT2D eigenvalue weighted by Gasteiger charge is -2.03. The molecule has 0 aliphatic carbocycles. The van der Waals surface area contributed by atoms with Gasteiger partial charge in [0.15, 0.2) is 5.90 Å². The summed E-state index contributed by atoms with van der Waals surface area (Å²) in [7, 11) is 0. The number of halogens is 2. The van der Waals surface area contributed by atoms with Gasteiger partial charge in [0.25, 0.3) is 0 Å². The zero-order valence-electron chi connectivity index (χ0n) is 7.90. The second kappa shape index (κ2) is 8.78. The van der Waals surface area contributed by atoms with Crippen LogP contribution in [0.3, 0.4) is 0 Å². The number of nitrogens with one attached hydrogen (secondary N) is 1. The topological polar surface area (TPSA) is 46.0 Å². The van der Waals surface area contributed by atoms with Gasteiger partial charge in [-0.2, -0.15) is 0 Å². The molecule has 0 aliphatic heterocycles. The zero-order chi connectivity index (χ0) is 8.81. The van der Waals surface area contributed by atoms with Gasteiger partial charge in [-0.25, -0.2) is 0 Å². The first-order valence-corrected chi connectivity index (χ1v) is 3.92. The van der Waals surface area contributed by atoms with Crippen LogP contribution in [-0.4, -0.2) is 17.5 Å². The summed E-state index contributed by atoms with van der Waals surface area (Å²) in [6.07, 6.45) is 3.99. The first-order valence-electron chi connectivity index (χ1n) is 3.92. The molecule has 1 aromatic heterocycles. The molecule has 1 rings (SSSR count). The summed E-state index contributed by atoms with van der Waals surface area (Å²) >= 11 is 0. The van der Waals surface area contributed by atoms with E-state index < -0.39 is 0 Å². The van der Waals surface area contributed by atoms with E-state index in [1.54, 1.807) is 12.4 Å². The lowest BCUT2D eigenvalue weighted by molar-refractivity contribution is 0.317. The first kappa shape index (κ1) is 15.7. The van der Waals surface area contributed by atoms with Crippen molar-refractivity contribution in [1.82, 2.24) is 4.98 Å². The molecule has 0 aromatic carbocycles. The molecule has 0 aliphatic rings. The zero-order valence-corrected chi connectivity index (χ0v) is 9.53. The standard InChI is InChI=1S/C9H12N2O.2ClH/c1-2-12-9(10)6-8-4-3-5-11-7-8;;/h3-5,7,10H,2,6H2,1H3;2*1H. The molecule has 1 N–H and O–H groups in total. The van der Waals surface area contributed by atoms with Crippen LogP contribution >= 0.6 is 24.8 Å². The third-order valence-electron chi connectivity index (χ3n) is 1.41. The molecule has 0 saturated heterocycles. The maximum Gasteiger partial charge on any atom is 0.184 e. The third-order valence-corrected chi connectivity index (χ3v) is 1.41. The van der Waals surface area contributed by atoms with Gasteiger partial charge < -0.3 is 4.74 Å². The highest BCUT2D eigenvalue weighted by Crippen LogP contribution is 1.98. The van der Waals surface area contributed by atoms with Crippen LogP contribution in [0, 0.1) is 5.41 Å². The molecule has 0 atom stereocenters. The molecule has 0 bridgehead atoms. The van der Waals surface area contributed by atoms with Gasteiger partial charge in [0.2, 0.25) is 0 Å². The second-order valence-electron chi connectivity index (χ2n) is 2.39. The molecule has 0 amide bonds. The largest absolute Gasteiger partial charge is 0.481 e. The molecule has 5 heteroatoms. The van der Waals surface area contributed by atoms with Crippen molar-refractivity contribution in [2.24, 2.45) is 0 Å². The highest BCUT2D eigenvalue weighted by Gasteiger charge is 1.98. The Bertz CT molecular complexity index is 254. The molecule has 1 aromatic rings. The molecule has 0 spiro atoms. The van der Waals surface area contributed by atoms with Crippen molar-refractivity contribution in [3.63, 3.8) is 0 Å². The SMILES string of the molecule is CCOC(=N)Cc1cccnc1.Cl.Cl. The quantitative estimate of drug-likeness (QED) is 0.648. The molecule has 14 heavy (non-hydrogen) atoms. The fraction of sp³-hybridized carbons (Fsp3) is 0.333. The molecule has 80 valence electrons.